The highest BCUT2D eigenvalue weighted by molar-refractivity contribution is 5.77. The number of nitrogens with zero attached hydrogens (tertiary/aromatic N) is 1. The molecule has 3 nitrogen and oxygen atoms in total. The Bertz CT molecular complexity index is 376. The van der Waals surface area contributed by atoms with Gasteiger partial charge in [-0.15, -0.1) is 0 Å². The van der Waals surface area contributed by atoms with Gasteiger partial charge in [-0.3, -0.25) is 4.79 Å². The Morgan fingerprint density at radius 1 is 1.35 bits per heavy atom. The summed E-state index contributed by atoms with van der Waals surface area (Å²) < 4.78 is 26.4. The van der Waals surface area contributed by atoms with E-state index < -0.39 is 11.6 Å². The predicted octanol–water partition coefficient (Wildman–Crippen LogP) is 1.53. The molecule has 1 aromatic rings. The van der Waals surface area contributed by atoms with E-state index in [4.69, 9.17) is 0 Å². The molecule has 0 aliphatic carbocycles. The molecule has 0 aliphatic heterocycles. The summed E-state index contributed by atoms with van der Waals surface area (Å²) in [5.74, 6) is -1.31. The fourth-order valence-electron chi connectivity index (χ4n) is 1.31. The van der Waals surface area contributed by atoms with Gasteiger partial charge in [0.2, 0.25) is 5.91 Å². The molecule has 1 N–H and O–H groups in total. The van der Waals surface area contributed by atoms with Crippen molar-refractivity contribution in [1.82, 2.24) is 10.2 Å². The van der Waals surface area contributed by atoms with Gasteiger partial charge >= 0.3 is 0 Å². The van der Waals surface area contributed by atoms with Crippen LogP contribution in [0.1, 0.15) is 12.5 Å². The zero-order valence-electron chi connectivity index (χ0n) is 9.96. The zero-order valence-corrected chi connectivity index (χ0v) is 9.96. The molecule has 1 rings (SSSR count). The summed E-state index contributed by atoms with van der Waals surface area (Å²) in [6, 6.07) is 3.70. The molecule has 0 heterocycles. The van der Waals surface area contributed by atoms with Gasteiger partial charge in [-0.05, 0) is 19.1 Å². The third-order valence-corrected chi connectivity index (χ3v) is 2.54. The summed E-state index contributed by atoms with van der Waals surface area (Å²) >= 11 is 0. The Balaban J connectivity index is 2.49. The number of hydrogen-bond acceptors (Lipinski definition) is 2. The number of benzene rings is 1. The van der Waals surface area contributed by atoms with Crippen molar-refractivity contribution in [2.75, 3.05) is 20.1 Å². The van der Waals surface area contributed by atoms with E-state index in [1.54, 1.807) is 7.05 Å². The molecule has 0 bridgehead atoms. The monoisotopic (exact) mass is 242 g/mol. The van der Waals surface area contributed by atoms with Crippen molar-refractivity contribution >= 4 is 5.91 Å². The first-order valence-electron chi connectivity index (χ1n) is 5.43. The van der Waals surface area contributed by atoms with Gasteiger partial charge in [0, 0.05) is 25.7 Å². The van der Waals surface area contributed by atoms with Crippen LogP contribution in [-0.4, -0.2) is 30.9 Å². The second-order valence-corrected chi connectivity index (χ2v) is 3.71. The van der Waals surface area contributed by atoms with Crippen LogP contribution in [0.4, 0.5) is 8.78 Å². The highest BCUT2D eigenvalue weighted by atomic mass is 19.1. The molecule has 17 heavy (non-hydrogen) atoms. The SMILES string of the molecule is CCN(C)C(=O)CNCc1c(F)cccc1F. The standard InChI is InChI=1S/C12H16F2N2O/c1-3-16(2)12(17)8-15-7-9-10(13)5-4-6-11(9)14/h4-6,15H,3,7-8H2,1-2H3. The van der Waals surface area contributed by atoms with Crippen LogP contribution in [0, 0.1) is 11.6 Å². The van der Waals surface area contributed by atoms with E-state index in [2.05, 4.69) is 5.32 Å². The minimum atomic E-state index is -0.603. The number of halogens is 2. The maximum atomic E-state index is 13.2. The number of carbonyl (C=O) groups excluding carboxylic acids is 1. The molecule has 1 amide bonds. The lowest BCUT2D eigenvalue weighted by molar-refractivity contribution is -0.128. The first-order valence-corrected chi connectivity index (χ1v) is 5.43. The van der Waals surface area contributed by atoms with Crippen LogP contribution in [0.5, 0.6) is 0 Å². The van der Waals surface area contributed by atoms with Crippen molar-refractivity contribution < 1.29 is 13.6 Å². The quantitative estimate of drug-likeness (QED) is 0.849. The van der Waals surface area contributed by atoms with Gasteiger partial charge in [0.15, 0.2) is 0 Å². The summed E-state index contributed by atoms with van der Waals surface area (Å²) in [6.45, 7) is 2.53. The van der Waals surface area contributed by atoms with Crippen molar-refractivity contribution in [3.8, 4) is 0 Å². The van der Waals surface area contributed by atoms with Gasteiger partial charge in [0.25, 0.3) is 0 Å². The third kappa shape index (κ3) is 3.78. The van der Waals surface area contributed by atoms with E-state index in [0.29, 0.717) is 6.54 Å². The van der Waals surface area contributed by atoms with Crippen molar-refractivity contribution in [3.05, 3.63) is 35.4 Å². The van der Waals surface area contributed by atoms with Crippen LogP contribution in [0.2, 0.25) is 0 Å². The maximum absolute atomic E-state index is 13.2. The highest BCUT2D eigenvalue weighted by Gasteiger charge is 2.10. The lowest BCUT2D eigenvalue weighted by Crippen LogP contribution is -2.35. The molecule has 0 fully saturated rings. The Kier molecular flexibility index (Phi) is 5.03. The minimum absolute atomic E-state index is 0.00179. The second kappa shape index (κ2) is 6.30. The highest BCUT2D eigenvalue weighted by Crippen LogP contribution is 2.11. The second-order valence-electron chi connectivity index (χ2n) is 3.71. The van der Waals surface area contributed by atoms with Crippen molar-refractivity contribution in [2.24, 2.45) is 0 Å². The Hall–Kier alpha value is -1.49. The summed E-state index contributed by atoms with van der Waals surface area (Å²) in [7, 11) is 1.67. The normalized spacial score (nSPS) is 10.4. The third-order valence-electron chi connectivity index (χ3n) is 2.54. The molecule has 0 unspecified atom stereocenters. The van der Waals surface area contributed by atoms with Crippen molar-refractivity contribution in [3.63, 3.8) is 0 Å². The van der Waals surface area contributed by atoms with Crippen LogP contribution in [0.15, 0.2) is 18.2 Å². The first kappa shape index (κ1) is 13.6. The van der Waals surface area contributed by atoms with Crippen LogP contribution in [0.25, 0.3) is 0 Å². The Labute approximate surface area is 99.4 Å². The van der Waals surface area contributed by atoms with Crippen LogP contribution < -0.4 is 5.32 Å². The molecule has 0 saturated carbocycles. The topological polar surface area (TPSA) is 32.3 Å². The molecule has 94 valence electrons. The molecule has 0 aliphatic rings. The Morgan fingerprint density at radius 3 is 2.47 bits per heavy atom. The van der Waals surface area contributed by atoms with Crippen molar-refractivity contribution in [2.45, 2.75) is 13.5 Å². The predicted molar refractivity (Wildman–Crippen MR) is 61.4 cm³/mol. The molecule has 5 heteroatoms. The van der Waals surface area contributed by atoms with Crippen molar-refractivity contribution in [1.29, 1.82) is 0 Å². The van der Waals surface area contributed by atoms with E-state index in [-0.39, 0.29) is 24.6 Å². The molecule has 0 radical (unpaired) electrons. The zero-order chi connectivity index (χ0) is 12.8. The smallest absolute Gasteiger partial charge is 0.236 e. The number of nitrogens with one attached hydrogen (secondary N) is 1. The number of hydrogen-bond donors (Lipinski definition) is 1. The van der Waals surface area contributed by atoms with E-state index in [0.717, 1.165) is 0 Å². The van der Waals surface area contributed by atoms with Crippen LogP contribution in [0.3, 0.4) is 0 Å². The van der Waals surface area contributed by atoms with Gasteiger partial charge in [0.05, 0.1) is 6.54 Å². The minimum Gasteiger partial charge on any atom is -0.345 e. The largest absolute Gasteiger partial charge is 0.345 e. The van der Waals surface area contributed by atoms with Crippen LogP contribution in [-0.2, 0) is 11.3 Å². The van der Waals surface area contributed by atoms with Gasteiger partial charge in [0.1, 0.15) is 11.6 Å². The van der Waals surface area contributed by atoms with E-state index in [1.165, 1.54) is 23.1 Å². The molecular formula is C12H16F2N2O. The summed E-state index contributed by atoms with van der Waals surface area (Å²) in [4.78, 5) is 12.9. The fourth-order valence-corrected chi connectivity index (χ4v) is 1.31. The first-order chi connectivity index (χ1) is 8.06. The van der Waals surface area contributed by atoms with Crippen LogP contribution >= 0.6 is 0 Å². The number of amides is 1. The summed E-state index contributed by atoms with van der Waals surface area (Å²) in [6.07, 6.45) is 0. The number of carbonyl (C=O) groups is 1. The fraction of sp³-hybridized carbons (Fsp3) is 0.417. The lowest BCUT2D eigenvalue weighted by Gasteiger charge is -2.14. The summed E-state index contributed by atoms with van der Waals surface area (Å²) in [5, 5.41) is 2.73. The molecule has 0 saturated heterocycles. The van der Waals surface area contributed by atoms with E-state index in [1.807, 2.05) is 6.92 Å². The van der Waals surface area contributed by atoms with Gasteiger partial charge in [-0.2, -0.15) is 0 Å². The number of rotatable bonds is 5. The van der Waals surface area contributed by atoms with Gasteiger partial charge in [-0.25, -0.2) is 8.78 Å². The molecule has 1 aromatic carbocycles. The van der Waals surface area contributed by atoms with Gasteiger partial charge in [-0.1, -0.05) is 6.07 Å². The van der Waals surface area contributed by atoms with E-state index >= 15 is 0 Å². The number of likely N-dealkylation sites (N-methyl/N-ethyl adjacent to an activating group) is 1. The molecular weight excluding hydrogens is 226 g/mol. The molecule has 0 atom stereocenters. The maximum Gasteiger partial charge on any atom is 0.236 e. The lowest BCUT2D eigenvalue weighted by atomic mass is 10.2. The molecule has 0 aromatic heterocycles. The molecule has 0 spiro atoms. The average molecular weight is 242 g/mol. The average Bonchev–Trinajstić information content (AvgIpc) is 2.31. The summed E-state index contributed by atoms with van der Waals surface area (Å²) in [5.41, 5.74) is -0.0422. The Morgan fingerprint density at radius 2 is 1.94 bits per heavy atom. The van der Waals surface area contributed by atoms with E-state index in [9.17, 15) is 13.6 Å². The van der Waals surface area contributed by atoms with Gasteiger partial charge < -0.3 is 10.2 Å².